The summed E-state index contributed by atoms with van der Waals surface area (Å²) in [7, 11) is 1.94. The topological polar surface area (TPSA) is 77.4 Å². The molecule has 0 atom stereocenters. The van der Waals surface area contributed by atoms with E-state index in [0.717, 1.165) is 44.5 Å². The molecule has 0 aromatic carbocycles. The molecular weight excluding hydrogens is 320 g/mol. The number of nitrogens with zero attached hydrogens (tertiary/aromatic N) is 2. The Morgan fingerprint density at radius 1 is 1.32 bits per heavy atom. The van der Waals surface area contributed by atoms with Gasteiger partial charge in [-0.25, -0.2) is 4.79 Å². The maximum absolute atomic E-state index is 11.8. The van der Waals surface area contributed by atoms with Gasteiger partial charge in [-0.15, -0.1) is 0 Å². The summed E-state index contributed by atoms with van der Waals surface area (Å²) in [5.41, 5.74) is 0.709. The van der Waals surface area contributed by atoms with E-state index in [2.05, 4.69) is 15.7 Å². The van der Waals surface area contributed by atoms with E-state index in [1.54, 1.807) is 6.20 Å². The van der Waals surface area contributed by atoms with Crippen LogP contribution in [0.15, 0.2) is 12.3 Å². The van der Waals surface area contributed by atoms with E-state index in [1.165, 1.54) is 0 Å². The number of aryl methyl sites for hydroxylation is 1. The summed E-state index contributed by atoms with van der Waals surface area (Å²) < 4.78 is 13.1. The largest absolute Gasteiger partial charge is 0.444 e. The molecule has 2 rings (SSSR count). The van der Waals surface area contributed by atoms with E-state index in [1.807, 2.05) is 38.6 Å². The summed E-state index contributed by atoms with van der Waals surface area (Å²) in [5.74, 6) is 0. The summed E-state index contributed by atoms with van der Waals surface area (Å²) in [6, 6.07) is 2.20. The molecule has 7 heteroatoms. The van der Waals surface area contributed by atoms with Crippen LogP contribution in [0.25, 0.3) is 0 Å². The number of rotatable bonds is 7. The first kappa shape index (κ1) is 19.7. The zero-order valence-electron chi connectivity index (χ0n) is 15.9. The predicted octanol–water partition coefficient (Wildman–Crippen LogP) is 2.36. The molecule has 1 heterocycles. The Kier molecular flexibility index (Phi) is 7.25. The Bertz CT molecular complexity index is 531. The van der Waals surface area contributed by atoms with Crippen molar-refractivity contribution in [3.63, 3.8) is 0 Å². The van der Waals surface area contributed by atoms with Crippen molar-refractivity contribution in [1.82, 2.24) is 20.4 Å². The minimum Gasteiger partial charge on any atom is -0.444 e. The number of nitrogens with one attached hydrogen (secondary N) is 2. The summed E-state index contributed by atoms with van der Waals surface area (Å²) in [6.45, 7) is 7.94. The number of carbonyl (C=O) groups is 1. The SMILES string of the molecule is Cn1nccc1CNCCOC1CCC(NC(=O)OC(C)(C)C)CC1. The fraction of sp³-hybridized carbons (Fsp3) is 0.778. The number of alkyl carbamates (subject to hydrolysis) is 1. The predicted molar refractivity (Wildman–Crippen MR) is 96.3 cm³/mol. The monoisotopic (exact) mass is 352 g/mol. The van der Waals surface area contributed by atoms with E-state index in [-0.39, 0.29) is 18.2 Å². The van der Waals surface area contributed by atoms with Crippen LogP contribution in [-0.2, 0) is 23.1 Å². The van der Waals surface area contributed by atoms with Crippen molar-refractivity contribution in [2.45, 2.75) is 70.7 Å². The summed E-state index contributed by atoms with van der Waals surface area (Å²) in [6.07, 6.45) is 5.59. The number of amides is 1. The Morgan fingerprint density at radius 2 is 2.04 bits per heavy atom. The molecule has 0 spiro atoms. The van der Waals surface area contributed by atoms with Crippen molar-refractivity contribution in [2.75, 3.05) is 13.2 Å². The van der Waals surface area contributed by atoms with Crippen molar-refractivity contribution in [3.05, 3.63) is 18.0 Å². The third-order valence-corrected chi connectivity index (χ3v) is 4.26. The smallest absolute Gasteiger partial charge is 0.407 e. The molecule has 1 aliphatic carbocycles. The Labute approximate surface area is 150 Å². The van der Waals surface area contributed by atoms with Crippen molar-refractivity contribution in [2.24, 2.45) is 7.05 Å². The van der Waals surface area contributed by atoms with Gasteiger partial charge >= 0.3 is 6.09 Å². The first-order valence-corrected chi connectivity index (χ1v) is 9.12. The summed E-state index contributed by atoms with van der Waals surface area (Å²) in [4.78, 5) is 11.8. The molecule has 1 fully saturated rings. The van der Waals surface area contributed by atoms with E-state index in [0.29, 0.717) is 6.61 Å². The van der Waals surface area contributed by atoms with Crippen LogP contribution in [0.5, 0.6) is 0 Å². The molecule has 0 aliphatic heterocycles. The average Bonchev–Trinajstić information content (AvgIpc) is 2.92. The zero-order chi connectivity index (χ0) is 18.3. The van der Waals surface area contributed by atoms with Crippen LogP contribution < -0.4 is 10.6 Å². The van der Waals surface area contributed by atoms with Crippen molar-refractivity contribution in [1.29, 1.82) is 0 Å². The Hall–Kier alpha value is -1.60. The third kappa shape index (κ3) is 7.44. The van der Waals surface area contributed by atoms with Gasteiger partial charge in [0, 0.05) is 32.4 Å². The number of carbonyl (C=O) groups excluding carboxylic acids is 1. The van der Waals surface area contributed by atoms with Crippen molar-refractivity contribution >= 4 is 6.09 Å². The van der Waals surface area contributed by atoms with Crippen LogP contribution in [0.3, 0.4) is 0 Å². The van der Waals surface area contributed by atoms with Gasteiger partial charge in [-0.3, -0.25) is 4.68 Å². The molecule has 1 aromatic rings. The van der Waals surface area contributed by atoms with Crippen molar-refractivity contribution in [3.8, 4) is 0 Å². The van der Waals surface area contributed by atoms with E-state index in [9.17, 15) is 4.79 Å². The second-order valence-electron chi connectivity index (χ2n) is 7.61. The van der Waals surface area contributed by atoms with Gasteiger partial charge in [-0.05, 0) is 52.5 Å². The standard InChI is InChI=1S/C18H32N4O3/c1-18(2,3)25-17(23)21-14-5-7-16(8-6-14)24-12-11-19-13-15-9-10-20-22(15)4/h9-10,14,16,19H,5-8,11-13H2,1-4H3,(H,21,23). The molecule has 1 amide bonds. The lowest BCUT2D eigenvalue weighted by Gasteiger charge is -2.30. The first-order valence-electron chi connectivity index (χ1n) is 9.12. The molecule has 0 unspecified atom stereocenters. The molecule has 0 bridgehead atoms. The number of hydrogen-bond donors (Lipinski definition) is 2. The lowest BCUT2D eigenvalue weighted by molar-refractivity contribution is 0.0193. The lowest BCUT2D eigenvalue weighted by Crippen LogP contribution is -2.42. The van der Waals surface area contributed by atoms with Gasteiger partial charge in [0.2, 0.25) is 0 Å². The van der Waals surface area contributed by atoms with Gasteiger partial charge in [-0.2, -0.15) is 5.10 Å². The maximum Gasteiger partial charge on any atom is 0.407 e. The van der Waals surface area contributed by atoms with Gasteiger partial charge < -0.3 is 20.1 Å². The van der Waals surface area contributed by atoms with Gasteiger partial charge in [0.15, 0.2) is 0 Å². The number of ether oxygens (including phenoxy) is 2. The zero-order valence-corrected chi connectivity index (χ0v) is 15.9. The first-order chi connectivity index (χ1) is 11.8. The maximum atomic E-state index is 11.8. The average molecular weight is 352 g/mol. The molecular formula is C18H32N4O3. The molecule has 1 aliphatic rings. The quantitative estimate of drug-likeness (QED) is 0.737. The van der Waals surface area contributed by atoms with E-state index < -0.39 is 5.60 Å². The van der Waals surface area contributed by atoms with Gasteiger partial charge in [0.1, 0.15) is 5.60 Å². The van der Waals surface area contributed by atoms with E-state index >= 15 is 0 Å². The van der Waals surface area contributed by atoms with Crippen LogP contribution in [0, 0.1) is 0 Å². The molecule has 2 N–H and O–H groups in total. The van der Waals surface area contributed by atoms with Crippen molar-refractivity contribution < 1.29 is 14.3 Å². The number of aromatic nitrogens is 2. The highest BCUT2D eigenvalue weighted by Crippen LogP contribution is 2.21. The normalized spacial score (nSPS) is 21.1. The van der Waals surface area contributed by atoms with Crippen LogP contribution in [0.2, 0.25) is 0 Å². The van der Waals surface area contributed by atoms with Gasteiger partial charge in [0.25, 0.3) is 0 Å². The van der Waals surface area contributed by atoms with Crippen LogP contribution in [0.4, 0.5) is 4.79 Å². The van der Waals surface area contributed by atoms with Crippen LogP contribution in [0.1, 0.15) is 52.1 Å². The second kappa shape index (κ2) is 9.20. The Balaban J connectivity index is 1.53. The Morgan fingerprint density at radius 3 is 2.64 bits per heavy atom. The fourth-order valence-electron chi connectivity index (χ4n) is 2.94. The number of hydrogen-bond acceptors (Lipinski definition) is 5. The van der Waals surface area contributed by atoms with Gasteiger partial charge in [0.05, 0.1) is 18.4 Å². The van der Waals surface area contributed by atoms with Crippen LogP contribution >= 0.6 is 0 Å². The van der Waals surface area contributed by atoms with Gasteiger partial charge in [-0.1, -0.05) is 0 Å². The molecule has 25 heavy (non-hydrogen) atoms. The molecule has 1 saturated carbocycles. The molecule has 0 radical (unpaired) electrons. The molecule has 0 saturated heterocycles. The summed E-state index contributed by atoms with van der Waals surface area (Å²) in [5, 5.41) is 10.5. The molecule has 1 aromatic heterocycles. The second-order valence-corrected chi connectivity index (χ2v) is 7.61. The van der Waals surface area contributed by atoms with Crippen LogP contribution in [-0.4, -0.2) is 46.8 Å². The lowest BCUT2D eigenvalue weighted by atomic mass is 9.93. The minimum atomic E-state index is -0.452. The highest BCUT2D eigenvalue weighted by Gasteiger charge is 2.24. The third-order valence-electron chi connectivity index (χ3n) is 4.26. The minimum absolute atomic E-state index is 0.192. The highest BCUT2D eigenvalue weighted by atomic mass is 16.6. The molecule has 142 valence electrons. The fourth-order valence-corrected chi connectivity index (χ4v) is 2.94. The highest BCUT2D eigenvalue weighted by molar-refractivity contribution is 5.68. The molecule has 7 nitrogen and oxygen atoms in total. The van der Waals surface area contributed by atoms with E-state index in [4.69, 9.17) is 9.47 Å². The summed E-state index contributed by atoms with van der Waals surface area (Å²) >= 11 is 0.